The van der Waals surface area contributed by atoms with E-state index in [-0.39, 0.29) is 12.1 Å². The Labute approximate surface area is 165 Å². The fraction of sp³-hybridized carbons (Fsp3) is 0.524. The lowest BCUT2D eigenvalue weighted by Gasteiger charge is -2.16. The maximum Gasteiger partial charge on any atom is 0.342 e. The van der Waals surface area contributed by atoms with Crippen LogP contribution in [-0.2, 0) is 17.7 Å². The number of esters is 1. The van der Waals surface area contributed by atoms with Crippen LogP contribution in [0.5, 0.6) is 0 Å². The van der Waals surface area contributed by atoms with Gasteiger partial charge in [0, 0.05) is 35.6 Å². The number of ether oxygens (including phenoxy) is 1. The predicted octanol–water partition coefficient (Wildman–Crippen LogP) is 4.20. The average Bonchev–Trinajstić information content (AvgIpc) is 3.29. The van der Waals surface area contributed by atoms with Gasteiger partial charge in [0.1, 0.15) is 11.4 Å². The highest BCUT2D eigenvalue weighted by atomic mass is 32.1. The second-order valence-corrected chi connectivity index (χ2v) is 8.60. The first-order valence-electron chi connectivity index (χ1n) is 9.75. The molecule has 0 bridgehead atoms. The number of likely N-dealkylation sites (tertiary alicyclic amines) is 1. The Morgan fingerprint density at radius 2 is 2.19 bits per heavy atom. The predicted molar refractivity (Wildman–Crippen MR) is 110 cm³/mol. The number of nitrogens with one attached hydrogen (secondary N) is 1. The summed E-state index contributed by atoms with van der Waals surface area (Å²) < 4.78 is 5.32. The molecule has 1 saturated heterocycles. The van der Waals surface area contributed by atoms with E-state index in [2.05, 4.69) is 34.3 Å². The molecule has 1 aliphatic heterocycles. The first kappa shape index (κ1) is 19.8. The number of carbonyl (C=O) groups is 1. The van der Waals surface area contributed by atoms with Crippen molar-refractivity contribution >= 4 is 23.1 Å². The molecule has 3 heterocycles. The standard InChI is InChI=1S/C21H29N3O2S/c1-4-17-7-8-18(27-17)14-24-11-9-16(13-24)12-23-20-19(6-5-10-22-20)21(25)26-15(2)3/h5-8,10,15-16H,4,9,11-14H2,1-3H3,(H,22,23)/t16-/m0/s1. The third kappa shape index (κ3) is 5.53. The van der Waals surface area contributed by atoms with Crippen LogP contribution in [0.2, 0.25) is 0 Å². The van der Waals surface area contributed by atoms with Crippen molar-refractivity contribution in [2.75, 3.05) is 25.0 Å². The fourth-order valence-corrected chi connectivity index (χ4v) is 4.37. The number of carbonyl (C=O) groups excluding carboxylic acids is 1. The fourth-order valence-electron chi connectivity index (χ4n) is 3.37. The van der Waals surface area contributed by atoms with Gasteiger partial charge in [0.15, 0.2) is 0 Å². The minimum absolute atomic E-state index is 0.139. The molecule has 0 spiro atoms. The van der Waals surface area contributed by atoms with Gasteiger partial charge in [-0.1, -0.05) is 6.92 Å². The summed E-state index contributed by atoms with van der Waals surface area (Å²) in [4.78, 5) is 22.0. The molecule has 1 N–H and O–H groups in total. The Morgan fingerprint density at radius 3 is 2.93 bits per heavy atom. The van der Waals surface area contributed by atoms with Gasteiger partial charge in [-0.3, -0.25) is 4.90 Å². The molecule has 0 aliphatic carbocycles. The largest absolute Gasteiger partial charge is 0.459 e. The zero-order valence-electron chi connectivity index (χ0n) is 16.4. The molecule has 1 atom stereocenters. The summed E-state index contributed by atoms with van der Waals surface area (Å²) in [7, 11) is 0. The summed E-state index contributed by atoms with van der Waals surface area (Å²) in [5.41, 5.74) is 0.506. The molecule has 0 radical (unpaired) electrons. The van der Waals surface area contributed by atoms with Crippen LogP contribution >= 0.6 is 11.3 Å². The van der Waals surface area contributed by atoms with Crippen LogP contribution in [-0.4, -0.2) is 41.6 Å². The van der Waals surface area contributed by atoms with Crippen molar-refractivity contribution in [2.24, 2.45) is 5.92 Å². The lowest BCUT2D eigenvalue weighted by Crippen LogP contribution is -2.23. The number of thiophene rings is 1. The average molecular weight is 388 g/mol. The van der Waals surface area contributed by atoms with Crippen molar-refractivity contribution in [1.29, 1.82) is 0 Å². The highest BCUT2D eigenvalue weighted by molar-refractivity contribution is 7.11. The topological polar surface area (TPSA) is 54.5 Å². The van der Waals surface area contributed by atoms with Gasteiger partial charge in [-0.25, -0.2) is 9.78 Å². The number of aryl methyl sites for hydroxylation is 1. The Balaban J connectivity index is 1.52. The van der Waals surface area contributed by atoms with Gasteiger partial charge >= 0.3 is 5.97 Å². The number of nitrogens with zero attached hydrogens (tertiary/aromatic N) is 2. The van der Waals surface area contributed by atoms with Gasteiger partial charge in [-0.05, 0) is 63.4 Å². The number of pyridine rings is 1. The Bertz CT molecular complexity index is 759. The zero-order valence-corrected chi connectivity index (χ0v) is 17.2. The van der Waals surface area contributed by atoms with E-state index in [0.29, 0.717) is 17.3 Å². The highest BCUT2D eigenvalue weighted by Gasteiger charge is 2.23. The summed E-state index contributed by atoms with van der Waals surface area (Å²) >= 11 is 1.92. The normalized spacial score (nSPS) is 17.4. The molecule has 146 valence electrons. The minimum atomic E-state index is -0.321. The Kier molecular flexibility index (Phi) is 6.85. The van der Waals surface area contributed by atoms with Crippen molar-refractivity contribution < 1.29 is 9.53 Å². The van der Waals surface area contributed by atoms with E-state index in [1.165, 1.54) is 9.75 Å². The number of hydrogen-bond acceptors (Lipinski definition) is 6. The molecule has 0 saturated carbocycles. The maximum absolute atomic E-state index is 12.2. The van der Waals surface area contributed by atoms with Gasteiger partial charge in [0.2, 0.25) is 0 Å². The molecule has 0 unspecified atom stereocenters. The second-order valence-electron chi connectivity index (χ2n) is 7.35. The molecule has 3 rings (SSSR count). The van der Waals surface area contributed by atoms with Crippen molar-refractivity contribution in [2.45, 2.75) is 46.3 Å². The third-order valence-corrected chi connectivity index (χ3v) is 5.96. The molecule has 27 heavy (non-hydrogen) atoms. The van der Waals surface area contributed by atoms with E-state index in [1.54, 1.807) is 18.3 Å². The molecule has 6 heteroatoms. The van der Waals surface area contributed by atoms with Crippen LogP contribution in [0.15, 0.2) is 30.5 Å². The lowest BCUT2D eigenvalue weighted by molar-refractivity contribution is 0.0378. The highest BCUT2D eigenvalue weighted by Crippen LogP contribution is 2.24. The molecule has 1 fully saturated rings. The van der Waals surface area contributed by atoms with E-state index in [9.17, 15) is 4.79 Å². The third-order valence-electron chi connectivity index (χ3n) is 4.74. The number of rotatable bonds is 8. The summed E-state index contributed by atoms with van der Waals surface area (Å²) in [6.07, 6.45) is 3.84. The number of aromatic nitrogens is 1. The van der Waals surface area contributed by atoms with E-state index in [1.807, 2.05) is 25.2 Å². The van der Waals surface area contributed by atoms with Crippen molar-refractivity contribution in [1.82, 2.24) is 9.88 Å². The molecule has 0 aromatic carbocycles. The van der Waals surface area contributed by atoms with Gasteiger partial charge in [0.05, 0.1) is 6.10 Å². The Hall–Kier alpha value is -1.92. The molecule has 0 amide bonds. The smallest absolute Gasteiger partial charge is 0.342 e. The monoisotopic (exact) mass is 387 g/mol. The van der Waals surface area contributed by atoms with Gasteiger partial charge in [-0.15, -0.1) is 11.3 Å². The SMILES string of the molecule is CCc1ccc(CN2CC[C@@H](CNc3ncccc3C(=O)OC(C)C)C2)s1. The summed E-state index contributed by atoms with van der Waals surface area (Å²) in [6, 6.07) is 8.04. The van der Waals surface area contributed by atoms with Crippen LogP contribution in [0.25, 0.3) is 0 Å². The summed E-state index contributed by atoms with van der Waals surface area (Å²) in [6.45, 7) is 9.96. The molecule has 2 aromatic heterocycles. The van der Waals surface area contributed by atoms with Crippen LogP contribution < -0.4 is 5.32 Å². The van der Waals surface area contributed by atoms with Crippen molar-refractivity contribution in [3.63, 3.8) is 0 Å². The first-order chi connectivity index (χ1) is 13.0. The lowest BCUT2D eigenvalue weighted by atomic mass is 10.1. The van der Waals surface area contributed by atoms with Gasteiger partial charge in [0.25, 0.3) is 0 Å². The molecular formula is C21H29N3O2S. The summed E-state index contributed by atoms with van der Waals surface area (Å²) in [5, 5.41) is 3.37. The molecule has 5 nitrogen and oxygen atoms in total. The van der Waals surface area contributed by atoms with Crippen LogP contribution in [0.3, 0.4) is 0 Å². The van der Waals surface area contributed by atoms with E-state index in [0.717, 1.165) is 39.0 Å². The van der Waals surface area contributed by atoms with Crippen LogP contribution in [0.4, 0.5) is 5.82 Å². The molecule has 1 aliphatic rings. The van der Waals surface area contributed by atoms with Crippen LogP contribution in [0.1, 0.15) is 47.3 Å². The molecular weight excluding hydrogens is 358 g/mol. The van der Waals surface area contributed by atoms with Crippen molar-refractivity contribution in [3.05, 3.63) is 45.8 Å². The quantitative estimate of drug-likeness (QED) is 0.688. The van der Waals surface area contributed by atoms with Crippen LogP contribution in [0, 0.1) is 5.92 Å². The maximum atomic E-state index is 12.2. The van der Waals surface area contributed by atoms with E-state index >= 15 is 0 Å². The van der Waals surface area contributed by atoms with E-state index < -0.39 is 0 Å². The second kappa shape index (κ2) is 9.33. The van der Waals surface area contributed by atoms with Crippen molar-refractivity contribution in [3.8, 4) is 0 Å². The first-order valence-corrected chi connectivity index (χ1v) is 10.6. The van der Waals surface area contributed by atoms with Gasteiger partial charge in [-0.2, -0.15) is 0 Å². The van der Waals surface area contributed by atoms with E-state index in [4.69, 9.17) is 4.74 Å². The zero-order chi connectivity index (χ0) is 19.2. The number of anilines is 1. The summed E-state index contributed by atoms with van der Waals surface area (Å²) in [5.74, 6) is 0.858. The van der Waals surface area contributed by atoms with Gasteiger partial charge < -0.3 is 10.1 Å². The Morgan fingerprint density at radius 1 is 1.37 bits per heavy atom. The number of hydrogen-bond donors (Lipinski definition) is 1. The minimum Gasteiger partial charge on any atom is -0.459 e. The molecule has 2 aromatic rings.